The first-order chi connectivity index (χ1) is 15.4. The van der Waals surface area contributed by atoms with Crippen molar-refractivity contribution in [2.45, 2.75) is 4.90 Å². The maximum Gasteiger partial charge on any atom is 0.244 e. The van der Waals surface area contributed by atoms with E-state index < -0.39 is 10.0 Å². The fourth-order valence-electron chi connectivity index (χ4n) is 3.59. The minimum absolute atomic E-state index is 0.134. The first-order valence-electron chi connectivity index (χ1n) is 10.00. The number of anilines is 1. The summed E-state index contributed by atoms with van der Waals surface area (Å²) in [5.74, 6) is 1.96. The summed E-state index contributed by atoms with van der Waals surface area (Å²) in [4.78, 5) is 2.15. The van der Waals surface area contributed by atoms with Gasteiger partial charge in [0.15, 0.2) is 17.3 Å². The molecule has 1 fully saturated rings. The van der Waals surface area contributed by atoms with Crippen LogP contribution in [0, 0.1) is 0 Å². The van der Waals surface area contributed by atoms with Crippen molar-refractivity contribution >= 4 is 27.4 Å². The van der Waals surface area contributed by atoms with Crippen LogP contribution in [0.3, 0.4) is 0 Å². The third-order valence-corrected chi connectivity index (χ3v) is 7.75. The monoisotopic (exact) mass is 474 g/mol. The summed E-state index contributed by atoms with van der Waals surface area (Å²) >= 11 is 6.10. The van der Waals surface area contributed by atoms with Crippen molar-refractivity contribution in [1.82, 2.24) is 14.5 Å². The fourth-order valence-corrected chi connectivity index (χ4v) is 5.51. The van der Waals surface area contributed by atoms with E-state index in [2.05, 4.69) is 10.2 Å². The van der Waals surface area contributed by atoms with Crippen molar-refractivity contribution in [3.8, 4) is 22.8 Å². The molecule has 2 heterocycles. The van der Waals surface area contributed by atoms with Crippen LogP contribution in [0.1, 0.15) is 0 Å². The van der Waals surface area contributed by atoms with E-state index in [0.29, 0.717) is 49.2 Å². The molecule has 1 aliphatic rings. The minimum Gasteiger partial charge on any atom is -0.493 e. The highest BCUT2D eigenvalue weighted by Gasteiger charge is 2.30. The average Bonchev–Trinajstić information content (AvgIpc) is 2.84. The van der Waals surface area contributed by atoms with Crippen molar-refractivity contribution < 1.29 is 17.9 Å². The molecule has 0 radical (unpaired) electrons. The molecule has 1 aromatic heterocycles. The zero-order chi connectivity index (χ0) is 22.7. The van der Waals surface area contributed by atoms with Gasteiger partial charge in [0.2, 0.25) is 10.0 Å². The third kappa shape index (κ3) is 4.36. The number of nitrogens with zero attached hydrogens (tertiary/aromatic N) is 4. The lowest BCUT2D eigenvalue weighted by atomic mass is 10.1. The summed E-state index contributed by atoms with van der Waals surface area (Å²) in [5.41, 5.74) is 1.56. The third-order valence-electron chi connectivity index (χ3n) is 5.35. The van der Waals surface area contributed by atoms with E-state index in [4.69, 9.17) is 21.1 Å². The molecule has 0 atom stereocenters. The molecule has 4 rings (SSSR count). The predicted octanol–water partition coefficient (Wildman–Crippen LogP) is 3.33. The van der Waals surface area contributed by atoms with Crippen LogP contribution in [0.15, 0.2) is 59.5 Å². The van der Waals surface area contributed by atoms with Gasteiger partial charge in [0.25, 0.3) is 0 Å². The average molecular weight is 475 g/mol. The highest BCUT2D eigenvalue weighted by Crippen LogP contribution is 2.32. The van der Waals surface area contributed by atoms with Gasteiger partial charge >= 0.3 is 0 Å². The van der Waals surface area contributed by atoms with Gasteiger partial charge in [-0.1, -0.05) is 23.7 Å². The molecule has 0 spiro atoms. The first-order valence-corrected chi connectivity index (χ1v) is 11.8. The Labute approximate surface area is 192 Å². The highest BCUT2D eigenvalue weighted by molar-refractivity contribution is 7.89. The molecule has 0 saturated carbocycles. The molecule has 0 unspecified atom stereocenters. The highest BCUT2D eigenvalue weighted by atomic mass is 35.5. The van der Waals surface area contributed by atoms with Gasteiger partial charge in [-0.2, -0.15) is 4.31 Å². The number of benzene rings is 2. The zero-order valence-corrected chi connectivity index (χ0v) is 19.3. The predicted molar refractivity (Wildman–Crippen MR) is 123 cm³/mol. The summed E-state index contributed by atoms with van der Waals surface area (Å²) in [6.07, 6.45) is 0. The van der Waals surface area contributed by atoms with E-state index in [1.165, 1.54) is 10.4 Å². The van der Waals surface area contributed by atoms with Crippen molar-refractivity contribution in [1.29, 1.82) is 0 Å². The van der Waals surface area contributed by atoms with Crippen LogP contribution in [0.25, 0.3) is 11.3 Å². The van der Waals surface area contributed by atoms with Crippen molar-refractivity contribution in [3.63, 3.8) is 0 Å². The molecule has 0 bridgehead atoms. The Hall–Kier alpha value is -2.88. The Kier molecular flexibility index (Phi) is 6.50. The van der Waals surface area contributed by atoms with E-state index >= 15 is 0 Å². The summed E-state index contributed by atoms with van der Waals surface area (Å²) in [6.45, 7) is 1.70. The second-order valence-corrected chi connectivity index (χ2v) is 9.48. The maximum absolute atomic E-state index is 12.9. The Morgan fingerprint density at radius 3 is 2.22 bits per heavy atom. The number of methoxy groups -OCH3 is 2. The lowest BCUT2D eigenvalue weighted by Crippen LogP contribution is -2.49. The minimum atomic E-state index is -3.64. The number of piperazine rings is 1. The molecule has 0 aliphatic carbocycles. The summed E-state index contributed by atoms with van der Waals surface area (Å²) in [6, 6.07) is 15.8. The second kappa shape index (κ2) is 9.32. The Morgan fingerprint density at radius 1 is 0.875 bits per heavy atom. The van der Waals surface area contributed by atoms with E-state index in [9.17, 15) is 8.42 Å². The zero-order valence-electron chi connectivity index (χ0n) is 17.7. The molecule has 8 nitrogen and oxygen atoms in total. The molecular formula is C22H23ClN4O4S. The number of hydrogen-bond donors (Lipinski definition) is 0. The lowest BCUT2D eigenvalue weighted by Gasteiger charge is -2.34. The van der Waals surface area contributed by atoms with Crippen LogP contribution < -0.4 is 14.4 Å². The normalized spacial score (nSPS) is 14.9. The van der Waals surface area contributed by atoms with Gasteiger partial charge < -0.3 is 14.4 Å². The van der Waals surface area contributed by atoms with Crippen molar-refractivity contribution in [3.05, 3.63) is 59.6 Å². The number of ether oxygens (including phenoxy) is 2. The van der Waals surface area contributed by atoms with Crippen LogP contribution in [-0.2, 0) is 10.0 Å². The summed E-state index contributed by atoms with van der Waals surface area (Å²) in [7, 11) is -0.463. The molecule has 1 saturated heterocycles. The Morgan fingerprint density at radius 2 is 1.59 bits per heavy atom. The van der Waals surface area contributed by atoms with Gasteiger partial charge in [-0.3, -0.25) is 0 Å². The number of hydrogen-bond acceptors (Lipinski definition) is 7. The molecule has 2 aromatic carbocycles. The van der Waals surface area contributed by atoms with Gasteiger partial charge in [-0.25, -0.2) is 8.42 Å². The van der Waals surface area contributed by atoms with Gasteiger partial charge in [-0.05, 0) is 42.5 Å². The number of sulfonamides is 1. The van der Waals surface area contributed by atoms with Crippen molar-refractivity contribution in [2.24, 2.45) is 0 Å². The van der Waals surface area contributed by atoms with Crippen LogP contribution in [0.2, 0.25) is 5.02 Å². The largest absolute Gasteiger partial charge is 0.493 e. The van der Waals surface area contributed by atoms with E-state index in [-0.39, 0.29) is 9.92 Å². The smallest absolute Gasteiger partial charge is 0.244 e. The first kappa shape index (κ1) is 22.3. The fraction of sp³-hybridized carbons (Fsp3) is 0.273. The lowest BCUT2D eigenvalue weighted by molar-refractivity contribution is 0.355. The summed E-state index contributed by atoms with van der Waals surface area (Å²) < 4.78 is 37.9. The quantitative estimate of drug-likeness (QED) is 0.541. The summed E-state index contributed by atoms with van der Waals surface area (Å²) in [5, 5.41) is 8.92. The van der Waals surface area contributed by atoms with Gasteiger partial charge in [0.05, 0.1) is 24.9 Å². The van der Waals surface area contributed by atoms with Gasteiger partial charge in [-0.15, -0.1) is 10.2 Å². The molecule has 0 N–H and O–H groups in total. The SMILES string of the molecule is COc1ccc(-c2ccc(N3CCN(S(=O)(=O)c4ccccc4Cl)CC3)nn2)cc1OC. The molecule has 1 aliphatic heterocycles. The molecule has 10 heteroatoms. The van der Waals surface area contributed by atoms with Crippen LogP contribution in [-0.4, -0.2) is 63.3 Å². The molecule has 0 amide bonds. The molecular weight excluding hydrogens is 452 g/mol. The van der Waals surface area contributed by atoms with Crippen molar-refractivity contribution in [2.75, 3.05) is 45.3 Å². The number of rotatable bonds is 6. The maximum atomic E-state index is 12.9. The molecule has 32 heavy (non-hydrogen) atoms. The van der Waals surface area contributed by atoms with Crippen LogP contribution in [0.5, 0.6) is 11.5 Å². The van der Waals surface area contributed by atoms with Gasteiger partial charge in [0.1, 0.15) is 4.90 Å². The standard InChI is InChI=1S/C22H23ClN4O4S/c1-30-19-9-7-16(15-20(19)31-2)18-8-10-22(25-24-18)26-11-13-27(14-12-26)32(28,29)21-6-4-3-5-17(21)23/h3-10,15H,11-14H2,1-2H3. The van der Waals surface area contributed by atoms with E-state index in [0.717, 1.165) is 5.56 Å². The van der Waals surface area contributed by atoms with Gasteiger partial charge in [0, 0.05) is 31.7 Å². The Balaban J connectivity index is 1.45. The number of aromatic nitrogens is 2. The van der Waals surface area contributed by atoms with E-state index in [1.54, 1.807) is 32.4 Å². The Bertz CT molecular complexity index is 1200. The number of halogens is 1. The van der Waals surface area contributed by atoms with Crippen LogP contribution in [0.4, 0.5) is 5.82 Å². The topological polar surface area (TPSA) is 84.9 Å². The second-order valence-electron chi connectivity index (χ2n) is 7.17. The van der Waals surface area contributed by atoms with E-state index in [1.807, 2.05) is 35.2 Å². The molecule has 3 aromatic rings. The molecule has 168 valence electrons. The van der Waals surface area contributed by atoms with Crippen LogP contribution >= 0.6 is 11.6 Å².